The van der Waals surface area contributed by atoms with E-state index in [1.807, 2.05) is 13.8 Å². The normalized spacial score (nSPS) is 13.8. The van der Waals surface area contributed by atoms with Gasteiger partial charge in [-0.3, -0.25) is 0 Å². The van der Waals surface area contributed by atoms with Gasteiger partial charge in [-0.25, -0.2) is 9.59 Å². The second kappa shape index (κ2) is 8.74. The van der Waals surface area contributed by atoms with E-state index < -0.39 is 12.0 Å². The molecule has 0 rings (SSSR count). The third kappa shape index (κ3) is 5.86. The molecule has 2 atom stereocenters. The van der Waals surface area contributed by atoms with Crippen LogP contribution in [0.25, 0.3) is 0 Å². The van der Waals surface area contributed by atoms with Crippen LogP contribution < -0.4 is 5.32 Å². The third-order valence-electron chi connectivity index (χ3n) is 2.88. The summed E-state index contributed by atoms with van der Waals surface area (Å²) in [6.45, 7) is 7.06. The minimum Gasteiger partial charge on any atom is -0.480 e. The van der Waals surface area contributed by atoms with E-state index in [4.69, 9.17) is 9.84 Å². The first kappa shape index (κ1) is 16.7. The number of hydrogen-bond acceptors (Lipinski definition) is 3. The minimum absolute atomic E-state index is 0.105. The monoisotopic (exact) mass is 260 g/mol. The standard InChI is InChI=1S/C12H24N2O4/c1-5-9(3)10(11(15)16)13-12(17)14(4)7-8-18-6-2/h9-10H,5-8H2,1-4H3,(H,13,17)(H,15,16). The number of nitrogens with zero attached hydrogens (tertiary/aromatic N) is 1. The lowest BCUT2D eigenvalue weighted by molar-refractivity contribution is -0.140. The number of carboxylic acids is 1. The van der Waals surface area contributed by atoms with E-state index in [0.717, 1.165) is 0 Å². The van der Waals surface area contributed by atoms with Gasteiger partial charge in [0.15, 0.2) is 0 Å². The Kier molecular flexibility index (Phi) is 8.11. The summed E-state index contributed by atoms with van der Waals surface area (Å²) >= 11 is 0. The highest BCUT2D eigenvalue weighted by atomic mass is 16.5. The summed E-state index contributed by atoms with van der Waals surface area (Å²) in [5.41, 5.74) is 0. The first-order chi connectivity index (χ1) is 8.43. The summed E-state index contributed by atoms with van der Waals surface area (Å²) in [4.78, 5) is 24.3. The van der Waals surface area contributed by atoms with Gasteiger partial charge in [-0.1, -0.05) is 20.3 Å². The summed E-state index contributed by atoms with van der Waals surface area (Å²) in [7, 11) is 1.61. The van der Waals surface area contributed by atoms with E-state index in [1.54, 1.807) is 14.0 Å². The quantitative estimate of drug-likeness (QED) is 0.642. The van der Waals surface area contributed by atoms with Gasteiger partial charge in [0.05, 0.1) is 6.61 Å². The average molecular weight is 260 g/mol. The topological polar surface area (TPSA) is 78.9 Å². The number of aliphatic carboxylic acids is 1. The Balaban J connectivity index is 4.28. The zero-order valence-electron chi connectivity index (χ0n) is 11.6. The molecular formula is C12H24N2O4. The van der Waals surface area contributed by atoms with Crippen LogP contribution in [0.5, 0.6) is 0 Å². The molecule has 0 aromatic carbocycles. The number of urea groups is 1. The maximum absolute atomic E-state index is 11.8. The Bertz CT molecular complexity index is 271. The third-order valence-corrected chi connectivity index (χ3v) is 2.88. The molecule has 0 bridgehead atoms. The van der Waals surface area contributed by atoms with Crippen molar-refractivity contribution < 1.29 is 19.4 Å². The molecule has 0 aromatic rings. The highest BCUT2D eigenvalue weighted by Gasteiger charge is 2.26. The smallest absolute Gasteiger partial charge is 0.326 e. The first-order valence-corrected chi connectivity index (χ1v) is 6.26. The number of amides is 2. The molecule has 2 unspecified atom stereocenters. The molecule has 0 heterocycles. The molecule has 0 aromatic heterocycles. The molecule has 6 heteroatoms. The molecule has 0 radical (unpaired) electrons. The SMILES string of the molecule is CCOCCN(C)C(=O)NC(C(=O)O)C(C)CC. The van der Waals surface area contributed by atoms with Crippen molar-refractivity contribution in [2.75, 3.05) is 26.8 Å². The van der Waals surface area contributed by atoms with Crippen LogP contribution in [-0.4, -0.2) is 54.9 Å². The summed E-state index contributed by atoms with van der Waals surface area (Å²) in [5.74, 6) is -1.11. The summed E-state index contributed by atoms with van der Waals surface area (Å²) in [6, 6.07) is -1.24. The van der Waals surface area contributed by atoms with E-state index >= 15 is 0 Å². The van der Waals surface area contributed by atoms with Crippen LogP contribution in [0.15, 0.2) is 0 Å². The van der Waals surface area contributed by atoms with Gasteiger partial charge in [-0.15, -0.1) is 0 Å². The van der Waals surface area contributed by atoms with Gasteiger partial charge in [0.2, 0.25) is 0 Å². The van der Waals surface area contributed by atoms with Crippen LogP contribution in [0.2, 0.25) is 0 Å². The van der Waals surface area contributed by atoms with Crippen LogP contribution in [0.3, 0.4) is 0 Å². The highest BCUT2D eigenvalue weighted by Crippen LogP contribution is 2.08. The van der Waals surface area contributed by atoms with Crippen molar-refractivity contribution in [1.82, 2.24) is 10.2 Å². The van der Waals surface area contributed by atoms with E-state index in [2.05, 4.69) is 5.32 Å². The van der Waals surface area contributed by atoms with E-state index in [0.29, 0.717) is 26.2 Å². The van der Waals surface area contributed by atoms with Crippen LogP contribution in [0.4, 0.5) is 4.79 Å². The fourth-order valence-electron chi connectivity index (χ4n) is 1.37. The van der Waals surface area contributed by atoms with Crippen molar-refractivity contribution in [3.05, 3.63) is 0 Å². The molecule has 6 nitrogen and oxygen atoms in total. The lowest BCUT2D eigenvalue weighted by Crippen LogP contribution is -2.50. The average Bonchev–Trinajstić information content (AvgIpc) is 2.34. The number of ether oxygens (including phenoxy) is 1. The highest BCUT2D eigenvalue weighted by molar-refractivity contribution is 5.82. The van der Waals surface area contributed by atoms with Gasteiger partial charge in [-0.2, -0.15) is 0 Å². The zero-order chi connectivity index (χ0) is 14.1. The van der Waals surface area contributed by atoms with Crippen molar-refractivity contribution in [1.29, 1.82) is 0 Å². The predicted molar refractivity (Wildman–Crippen MR) is 68.5 cm³/mol. The Hall–Kier alpha value is -1.30. The lowest BCUT2D eigenvalue weighted by Gasteiger charge is -2.24. The van der Waals surface area contributed by atoms with Crippen molar-refractivity contribution in [2.24, 2.45) is 5.92 Å². The summed E-state index contributed by atoms with van der Waals surface area (Å²) in [6.07, 6.45) is 0.694. The maximum Gasteiger partial charge on any atom is 0.326 e. The van der Waals surface area contributed by atoms with Crippen molar-refractivity contribution in [2.45, 2.75) is 33.2 Å². The second-order valence-electron chi connectivity index (χ2n) is 4.27. The molecule has 0 spiro atoms. The number of nitrogens with one attached hydrogen (secondary N) is 1. The van der Waals surface area contributed by atoms with Gasteiger partial charge >= 0.3 is 12.0 Å². The second-order valence-corrected chi connectivity index (χ2v) is 4.27. The Morgan fingerprint density at radius 3 is 2.44 bits per heavy atom. The summed E-state index contributed by atoms with van der Waals surface area (Å²) in [5, 5.41) is 11.6. The first-order valence-electron chi connectivity index (χ1n) is 6.26. The molecular weight excluding hydrogens is 236 g/mol. The van der Waals surface area contributed by atoms with Gasteiger partial charge in [0.25, 0.3) is 0 Å². The van der Waals surface area contributed by atoms with Crippen molar-refractivity contribution >= 4 is 12.0 Å². The van der Waals surface area contributed by atoms with Crippen LogP contribution in [-0.2, 0) is 9.53 Å². The van der Waals surface area contributed by atoms with E-state index in [1.165, 1.54) is 4.90 Å². The number of carbonyl (C=O) groups is 2. The van der Waals surface area contributed by atoms with E-state index in [9.17, 15) is 9.59 Å². The number of carbonyl (C=O) groups excluding carboxylic acids is 1. The predicted octanol–water partition coefficient (Wildman–Crippen LogP) is 1.16. The number of rotatable bonds is 8. The molecule has 18 heavy (non-hydrogen) atoms. The summed E-state index contributed by atoms with van der Waals surface area (Å²) < 4.78 is 5.14. The Morgan fingerprint density at radius 1 is 1.39 bits per heavy atom. The Morgan fingerprint density at radius 2 is 2.00 bits per heavy atom. The largest absolute Gasteiger partial charge is 0.480 e. The molecule has 0 saturated carbocycles. The fraction of sp³-hybridized carbons (Fsp3) is 0.833. The van der Waals surface area contributed by atoms with Crippen LogP contribution >= 0.6 is 0 Å². The van der Waals surface area contributed by atoms with Crippen LogP contribution in [0, 0.1) is 5.92 Å². The number of hydrogen-bond donors (Lipinski definition) is 2. The minimum atomic E-state index is -1.00. The molecule has 0 saturated heterocycles. The Labute approximate surface area is 108 Å². The molecule has 2 amide bonds. The van der Waals surface area contributed by atoms with Gasteiger partial charge < -0.3 is 20.1 Å². The van der Waals surface area contributed by atoms with E-state index in [-0.39, 0.29) is 11.9 Å². The van der Waals surface area contributed by atoms with Crippen molar-refractivity contribution in [3.63, 3.8) is 0 Å². The maximum atomic E-state index is 11.8. The molecule has 0 aliphatic heterocycles. The van der Waals surface area contributed by atoms with Gasteiger partial charge in [0, 0.05) is 20.2 Å². The fourth-order valence-corrected chi connectivity index (χ4v) is 1.37. The number of carboxylic acid groups (broad SMARTS) is 1. The van der Waals surface area contributed by atoms with Gasteiger partial charge in [0.1, 0.15) is 6.04 Å². The van der Waals surface area contributed by atoms with Crippen molar-refractivity contribution in [3.8, 4) is 0 Å². The molecule has 106 valence electrons. The number of likely N-dealkylation sites (N-methyl/N-ethyl adjacent to an activating group) is 1. The van der Waals surface area contributed by atoms with Crippen LogP contribution in [0.1, 0.15) is 27.2 Å². The van der Waals surface area contributed by atoms with Gasteiger partial charge in [-0.05, 0) is 12.8 Å². The molecule has 0 fully saturated rings. The molecule has 0 aliphatic carbocycles. The molecule has 0 aliphatic rings. The lowest BCUT2D eigenvalue weighted by atomic mass is 9.99. The zero-order valence-corrected chi connectivity index (χ0v) is 11.6. The molecule has 2 N–H and O–H groups in total.